The first kappa shape index (κ1) is 20.3. The molecule has 0 bridgehead atoms. The zero-order valence-electron chi connectivity index (χ0n) is 14.3. The summed E-state index contributed by atoms with van der Waals surface area (Å²) in [5, 5.41) is 2.78. The summed E-state index contributed by atoms with van der Waals surface area (Å²) < 4.78 is 35.5. The molecule has 0 radical (unpaired) electrons. The Kier molecular flexibility index (Phi) is 7.47. The van der Waals surface area contributed by atoms with Crippen molar-refractivity contribution in [3.05, 3.63) is 52.8 Å². The van der Waals surface area contributed by atoms with Gasteiger partial charge in [0.15, 0.2) is 11.6 Å². The molecule has 3 rings (SSSR count). The Labute approximate surface area is 158 Å². The number of nitrogens with zero attached hydrogens (tertiary/aromatic N) is 1. The van der Waals surface area contributed by atoms with Crippen molar-refractivity contribution in [2.24, 2.45) is 0 Å². The van der Waals surface area contributed by atoms with Gasteiger partial charge in [-0.1, -0.05) is 6.07 Å². The Balaban J connectivity index is 0.000000209. The van der Waals surface area contributed by atoms with E-state index in [0.29, 0.717) is 5.69 Å². The van der Waals surface area contributed by atoms with E-state index in [0.717, 1.165) is 23.5 Å². The minimum absolute atomic E-state index is 0.0694. The number of pyridine rings is 1. The number of carbonyl (C=O) groups excluding carboxylic acids is 1. The number of aromatic nitrogens is 1. The fourth-order valence-corrected chi connectivity index (χ4v) is 2.54. The minimum atomic E-state index is -0.940. The number of amides is 1. The molecule has 2 aromatic rings. The summed E-state index contributed by atoms with van der Waals surface area (Å²) in [4.78, 5) is 15.8. The number of hydrogen-bond donors (Lipinski definition) is 1. The van der Waals surface area contributed by atoms with E-state index >= 15 is 0 Å². The first-order valence-electron chi connectivity index (χ1n) is 7.96. The number of benzene rings is 1. The second-order valence-corrected chi connectivity index (χ2v) is 6.44. The average Bonchev–Trinajstić information content (AvgIpc) is 3.06. The molecule has 0 saturated carbocycles. The predicted octanol–water partition coefficient (Wildman–Crippen LogP) is 4.32. The van der Waals surface area contributed by atoms with Crippen molar-refractivity contribution in [3.8, 4) is 5.75 Å². The van der Waals surface area contributed by atoms with Crippen LogP contribution in [0.25, 0.3) is 0 Å². The highest BCUT2D eigenvalue weighted by molar-refractivity contribution is 9.10. The third-order valence-electron chi connectivity index (χ3n) is 3.66. The van der Waals surface area contributed by atoms with Crippen LogP contribution in [0.2, 0.25) is 0 Å². The van der Waals surface area contributed by atoms with Gasteiger partial charge in [-0.2, -0.15) is 4.39 Å². The molecule has 1 aliphatic heterocycles. The Hall–Kier alpha value is -2.06. The lowest BCUT2D eigenvalue weighted by atomic mass is 10.2. The van der Waals surface area contributed by atoms with Gasteiger partial charge in [0.05, 0.1) is 25.1 Å². The maximum Gasteiger partial charge on any atom is 0.253 e. The molecule has 1 N–H and O–H groups in total. The van der Waals surface area contributed by atoms with Crippen LogP contribution in [-0.4, -0.2) is 30.2 Å². The monoisotopic (exact) mass is 428 g/mol. The van der Waals surface area contributed by atoms with Crippen molar-refractivity contribution < 1.29 is 23.0 Å². The molecular weight excluding hydrogens is 410 g/mol. The molecule has 0 aliphatic carbocycles. The molecule has 1 amide bonds. The molecule has 1 saturated heterocycles. The Bertz CT molecular complexity index is 744. The number of halogens is 3. The predicted molar refractivity (Wildman–Crippen MR) is 97.0 cm³/mol. The minimum Gasteiger partial charge on any atom is -0.494 e. The summed E-state index contributed by atoms with van der Waals surface area (Å²) in [6, 6.07) is 7.37. The number of hydrogen-bond acceptors (Lipinski definition) is 4. The Morgan fingerprint density at radius 3 is 2.62 bits per heavy atom. The van der Waals surface area contributed by atoms with Gasteiger partial charge in [-0.3, -0.25) is 4.79 Å². The highest BCUT2D eigenvalue weighted by Crippen LogP contribution is 2.21. The van der Waals surface area contributed by atoms with E-state index in [2.05, 4.69) is 31.0 Å². The summed E-state index contributed by atoms with van der Waals surface area (Å²) in [7, 11) is 1.29. The summed E-state index contributed by atoms with van der Waals surface area (Å²) >= 11 is 3.24. The second-order valence-electron chi connectivity index (χ2n) is 5.63. The molecule has 2 heterocycles. The summed E-state index contributed by atoms with van der Waals surface area (Å²) in [6.45, 7) is 1.98. The van der Waals surface area contributed by atoms with Gasteiger partial charge >= 0.3 is 0 Å². The zero-order chi connectivity index (χ0) is 19.1. The van der Waals surface area contributed by atoms with E-state index in [1.807, 2.05) is 6.92 Å². The molecule has 140 valence electrons. The van der Waals surface area contributed by atoms with E-state index < -0.39 is 11.6 Å². The third kappa shape index (κ3) is 5.74. The molecule has 26 heavy (non-hydrogen) atoms. The first-order chi connectivity index (χ1) is 12.4. The summed E-state index contributed by atoms with van der Waals surface area (Å²) in [6.07, 6.45) is 3.20. The van der Waals surface area contributed by atoms with Gasteiger partial charge in [0.2, 0.25) is 5.82 Å². The van der Waals surface area contributed by atoms with Gasteiger partial charge in [0, 0.05) is 0 Å². The van der Waals surface area contributed by atoms with E-state index in [9.17, 15) is 13.6 Å². The smallest absolute Gasteiger partial charge is 0.253 e. The molecule has 1 aromatic carbocycles. The number of carbonyl (C=O) groups is 1. The fraction of sp³-hybridized carbons (Fsp3) is 0.333. The van der Waals surface area contributed by atoms with Crippen LogP contribution in [0.5, 0.6) is 5.75 Å². The average molecular weight is 429 g/mol. The number of rotatable bonds is 3. The lowest BCUT2D eigenvalue weighted by Gasteiger charge is -2.11. The molecular formula is C18H19BrF2N2O3. The molecule has 8 heteroatoms. The SMILES string of the molecule is CC1CCC(C(=O)Nc2ccc(Br)nc2)O1.COc1cccc(F)c1F. The van der Waals surface area contributed by atoms with Crippen molar-refractivity contribution in [1.29, 1.82) is 0 Å². The van der Waals surface area contributed by atoms with Gasteiger partial charge in [0.25, 0.3) is 5.91 Å². The first-order valence-corrected chi connectivity index (χ1v) is 8.76. The van der Waals surface area contributed by atoms with Crippen molar-refractivity contribution in [2.45, 2.75) is 32.0 Å². The molecule has 0 spiro atoms. The van der Waals surface area contributed by atoms with Crippen LogP contribution >= 0.6 is 15.9 Å². The quantitative estimate of drug-likeness (QED) is 0.739. The van der Waals surface area contributed by atoms with Crippen LogP contribution in [0, 0.1) is 11.6 Å². The lowest BCUT2D eigenvalue weighted by Crippen LogP contribution is -2.27. The largest absolute Gasteiger partial charge is 0.494 e. The Morgan fingerprint density at radius 1 is 1.31 bits per heavy atom. The van der Waals surface area contributed by atoms with E-state index in [1.165, 1.54) is 19.2 Å². The van der Waals surface area contributed by atoms with E-state index in [4.69, 9.17) is 4.74 Å². The fourth-order valence-electron chi connectivity index (χ4n) is 2.31. The molecule has 1 aromatic heterocycles. The normalized spacial score (nSPS) is 18.7. The topological polar surface area (TPSA) is 60.5 Å². The maximum absolute atomic E-state index is 12.5. The van der Waals surface area contributed by atoms with Crippen LogP contribution in [0.1, 0.15) is 19.8 Å². The molecule has 1 aliphatic rings. The summed E-state index contributed by atoms with van der Waals surface area (Å²) in [5.74, 6) is -1.99. The van der Waals surface area contributed by atoms with Crippen molar-refractivity contribution >= 4 is 27.5 Å². The van der Waals surface area contributed by atoms with Gasteiger partial charge < -0.3 is 14.8 Å². The summed E-state index contributed by atoms with van der Waals surface area (Å²) in [5.41, 5.74) is 0.691. The van der Waals surface area contributed by atoms with Gasteiger partial charge in [-0.25, -0.2) is 9.37 Å². The van der Waals surface area contributed by atoms with Crippen LogP contribution < -0.4 is 10.1 Å². The van der Waals surface area contributed by atoms with Crippen LogP contribution in [0.15, 0.2) is 41.1 Å². The molecule has 2 unspecified atom stereocenters. The standard InChI is InChI=1S/C11H13BrN2O2.C7H6F2O/c1-7-2-4-9(16-7)11(15)14-8-3-5-10(12)13-6-8;1-10-6-4-2-3-5(8)7(6)9/h3,5-7,9H,2,4H2,1H3,(H,14,15);2-4H,1H3. The van der Waals surface area contributed by atoms with Gasteiger partial charge in [-0.15, -0.1) is 0 Å². The number of nitrogens with one attached hydrogen (secondary N) is 1. The van der Waals surface area contributed by atoms with E-state index in [-0.39, 0.29) is 23.9 Å². The van der Waals surface area contributed by atoms with Gasteiger partial charge in [-0.05, 0) is 60.0 Å². The van der Waals surface area contributed by atoms with E-state index in [1.54, 1.807) is 18.3 Å². The molecule has 1 fully saturated rings. The lowest BCUT2D eigenvalue weighted by molar-refractivity contribution is -0.126. The van der Waals surface area contributed by atoms with Crippen molar-refractivity contribution in [1.82, 2.24) is 4.98 Å². The van der Waals surface area contributed by atoms with Crippen LogP contribution in [0.3, 0.4) is 0 Å². The van der Waals surface area contributed by atoms with Crippen LogP contribution in [-0.2, 0) is 9.53 Å². The molecule has 2 atom stereocenters. The van der Waals surface area contributed by atoms with Crippen molar-refractivity contribution in [3.63, 3.8) is 0 Å². The highest BCUT2D eigenvalue weighted by Gasteiger charge is 2.28. The number of methoxy groups -OCH3 is 1. The maximum atomic E-state index is 12.5. The van der Waals surface area contributed by atoms with Crippen molar-refractivity contribution in [2.75, 3.05) is 12.4 Å². The third-order valence-corrected chi connectivity index (χ3v) is 4.12. The number of ether oxygens (including phenoxy) is 2. The highest BCUT2D eigenvalue weighted by atomic mass is 79.9. The zero-order valence-corrected chi connectivity index (χ0v) is 15.9. The molecule has 5 nitrogen and oxygen atoms in total. The Morgan fingerprint density at radius 2 is 2.08 bits per heavy atom. The number of anilines is 1. The van der Waals surface area contributed by atoms with Crippen LogP contribution in [0.4, 0.5) is 14.5 Å². The second kappa shape index (κ2) is 9.59. The van der Waals surface area contributed by atoms with Gasteiger partial charge in [0.1, 0.15) is 10.7 Å².